The smallest absolute Gasteiger partial charge is 0.106 e. The van der Waals surface area contributed by atoms with Crippen LogP contribution in [-0.2, 0) is 0 Å². The minimum Gasteiger partial charge on any atom is -0.389 e. The maximum absolute atomic E-state index is 5.80. The lowest BCUT2D eigenvalue weighted by atomic mass is 9.94. The van der Waals surface area contributed by atoms with Crippen molar-refractivity contribution in [1.82, 2.24) is 0 Å². The molecule has 0 amide bonds. The summed E-state index contributed by atoms with van der Waals surface area (Å²) >= 11 is 10.6. The van der Waals surface area contributed by atoms with E-state index in [0.29, 0.717) is 11.0 Å². The summed E-state index contributed by atoms with van der Waals surface area (Å²) in [7, 11) is 0. The summed E-state index contributed by atoms with van der Waals surface area (Å²) in [5, 5.41) is 4.44. The molecule has 3 N–H and O–H groups in total. The molecule has 0 aromatic heterocycles. The first-order valence-electron chi connectivity index (χ1n) is 6.49. The second-order valence-corrected chi connectivity index (χ2v) is 7.40. The summed E-state index contributed by atoms with van der Waals surface area (Å²) in [4.78, 5) is 0.446. The zero-order valence-corrected chi connectivity index (χ0v) is 14.2. The van der Waals surface area contributed by atoms with Gasteiger partial charge in [-0.15, -0.1) is 0 Å². The van der Waals surface area contributed by atoms with Gasteiger partial charge in [-0.1, -0.05) is 28.1 Å². The van der Waals surface area contributed by atoms with Crippen LogP contribution >= 0.6 is 39.9 Å². The molecule has 1 aromatic carbocycles. The summed E-state index contributed by atoms with van der Waals surface area (Å²) in [5.41, 5.74) is 7.79. The zero-order chi connectivity index (χ0) is 13.8. The van der Waals surface area contributed by atoms with Crippen LogP contribution in [0.1, 0.15) is 31.2 Å². The fraction of sp³-hybridized carbons (Fsp3) is 0.500. The van der Waals surface area contributed by atoms with Gasteiger partial charge in [0.15, 0.2) is 0 Å². The maximum Gasteiger partial charge on any atom is 0.106 e. The van der Waals surface area contributed by atoms with Gasteiger partial charge in [0.2, 0.25) is 0 Å². The fourth-order valence-corrected chi connectivity index (χ4v) is 3.78. The average Bonchev–Trinajstić information content (AvgIpc) is 2.41. The molecule has 0 heterocycles. The normalized spacial score (nSPS) is 23.1. The number of benzene rings is 1. The second kappa shape index (κ2) is 6.95. The van der Waals surface area contributed by atoms with Gasteiger partial charge in [-0.05, 0) is 50.1 Å². The summed E-state index contributed by atoms with van der Waals surface area (Å²) < 4.78 is 1.01. The number of anilines is 1. The first-order chi connectivity index (χ1) is 9.10. The highest BCUT2D eigenvalue weighted by molar-refractivity contribution is 9.10. The van der Waals surface area contributed by atoms with Crippen LogP contribution < -0.4 is 11.1 Å². The van der Waals surface area contributed by atoms with Gasteiger partial charge >= 0.3 is 0 Å². The van der Waals surface area contributed by atoms with Gasteiger partial charge in [-0.3, -0.25) is 0 Å². The SMILES string of the molecule is CSC1CCC(Nc2ccc(Br)cc2C(N)=S)CC1. The maximum atomic E-state index is 5.80. The highest BCUT2D eigenvalue weighted by Gasteiger charge is 2.21. The van der Waals surface area contributed by atoms with Crippen LogP contribution in [0.4, 0.5) is 5.69 Å². The number of nitrogens with two attached hydrogens (primary N) is 1. The largest absolute Gasteiger partial charge is 0.389 e. The molecule has 0 saturated heterocycles. The molecule has 19 heavy (non-hydrogen) atoms. The van der Waals surface area contributed by atoms with Crippen molar-refractivity contribution >= 4 is 50.6 Å². The molecule has 1 aliphatic carbocycles. The molecular weight excluding hydrogens is 340 g/mol. The molecule has 0 atom stereocenters. The van der Waals surface area contributed by atoms with Crippen LogP contribution in [-0.4, -0.2) is 22.5 Å². The van der Waals surface area contributed by atoms with Crippen molar-refractivity contribution in [3.05, 3.63) is 28.2 Å². The summed E-state index contributed by atoms with van der Waals surface area (Å²) in [6.45, 7) is 0. The Morgan fingerprint density at radius 1 is 1.37 bits per heavy atom. The first-order valence-corrected chi connectivity index (χ1v) is 8.97. The lowest BCUT2D eigenvalue weighted by molar-refractivity contribution is 0.473. The van der Waals surface area contributed by atoms with Crippen molar-refractivity contribution in [3.63, 3.8) is 0 Å². The lowest BCUT2D eigenvalue weighted by Crippen LogP contribution is -2.28. The number of thiocarbonyl (C=S) groups is 1. The number of thioether (sulfide) groups is 1. The van der Waals surface area contributed by atoms with E-state index in [1.807, 2.05) is 23.9 Å². The average molecular weight is 359 g/mol. The van der Waals surface area contributed by atoms with E-state index in [0.717, 1.165) is 21.0 Å². The molecule has 2 nitrogen and oxygen atoms in total. The van der Waals surface area contributed by atoms with Crippen LogP contribution in [0.25, 0.3) is 0 Å². The topological polar surface area (TPSA) is 38.0 Å². The molecule has 0 unspecified atom stereocenters. The third-order valence-electron chi connectivity index (χ3n) is 3.61. The standard InChI is InChI=1S/C14H19BrN2S2/c1-19-11-5-3-10(4-6-11)17-13-7-2-9(15)8-12(13)14(16)18/h2,7-8,10-11,17H,3-6H2,1H3,(H2,16,18). The number of rotatable bonds is 4. The summed E-state index contributed by atoms with van der Waals surface area (Å²) in [5.74, 6) is 0. The van der Waals surface area contributed by atoms with Crippen molar-refractivity contribution < 1.29 is 0 Å². The first kappa shape index (κ1) is 15.1. The molecule has 0 bridgehead atoms. The molecule has 0 aliphatic heterocycles. The highest BCUT2D eigenvalue weighted by atomic mass is 79.9. The van der Waals surface area contributed by atoms with E-state index in [-0.39, 0.29) is 0 Å². The number of hydrogen-bond acceptors (Lipinski definition) is 3. The molecule has 1 aromatic rings. The number of nitrogens with one attached hydrogen (secondary N) is 1. The molecule has 0 spiro atoms. The molecule has 1 saturated carbocycles. The third kappa shape index (κ3) is 4.10. The Labute approximate surface area is 133 Å². The molecular formula is C14H19BrN2S2. The predicted octanol–water partition coefficient (Wildman–Crippen LogP) is 4.17. The van der Waals surface area contributed by atoms with Gasteiger partial charge in [0, 0.05) is 27.0 Å². The molecule has 104 valence electrons. The monoisotopic (exact) mass is 358 g/mol. The Hall–Kier alpha value is -0.260. The Morgan fingerprint density at radius 3 is 2.63 bits per heavy atom. The molecule has 0 radical (unpaired) electrons. The fourth-order valence-electron chi connectivity index (χ4n) is 2.51. The van der Waals surface area contributed by atoms with Gasteiger partial charge in [0.1, 0.15) is 4.99 Å². The van der Waals surface area contributed by atoms with Crippen molar-refractivity contribution in [1.29, 1.82) is 0 Å². The van der Waals surface area contributed by atoms with Gasteiger partial charge < -0.3 is 11.1 Å². The predicted molar refractivity (Wildman–Crippen MR) is 93.2 cm³/mol. The van der Waals surface area contributed by atoms with Gasteiger partial charge in [0.05, 0.1) is 0 Å². The second-order valence-electron chi connectivity index (χ2n) is 4.91. The Morgan fingerprint density at radius 2 is 2.05 bits per heavy atom. The molecule has 2 rings (SSSR count). The summed E-state index contributed by atoms with van der Waals surface area (Å²) in [6, 6.07) is 6.60. The number of halogens is 1. The van der Waals surface area contributed by atoms with Crippen LogP contribution in [0.2, 0.25) is 0 Å². The third-order valence-corrected chi connectivity index (χ3v) is 5.47. The van der Waals surface area contributed by atoms with E-state index in [4.69, 9.17) is 18.0 Å². The minimum atomic E-state index is 0.446. The molecule has 1 fully saturated rings. The van der Waals surface area contributed by atoms with E-state index in [2.05, 4.69) is 33.6 Å². The quantitative estimate of drug-likeness (QED) is 0.792. The van der Waals surface area contributed by atoms with Crippen molar-refractivity contribution in [2.75, 3.05) is 11.6 Å². The van der Waals surface area contributed by atoms with Gasteiger partial charge in [-0.25, -0.2) is 0 Å². The zero-order valence-electron chi connectivity index (χ0n) is 11.0. The lowest BCUT2D eigenvalue weighted by Gasteiger charge is -2.29. The Balaban J connectivity index is 2.05. The van der Waals surface area contributed by atoms with Crippen LogP contribution in [0.15, 0.2) is 22.7 Å². The van der Waals surface area contributed by atoms with E-state index in [9.17, 15) is 0 Å². The molecule has 5 heteroatoms. The Bertz CT molecular complexity index is 457. The van der Waals surface area contributed by atoms with Crippen molar-refractivity contribution in [2.45, 2.75) is 37.0 Å². The van der Waals surface area contributed by atoms with E-state index < -0.39 is 0 Å². The summed E-state index contributed by atoms with van der Waals surface area (Å²) in [6.07, 6.45) is 7.23. The van der Waals surface area contributed by atoms with E-state index in [1.165, 1.54) is 25.7 Å². The van der Waals surface area contributed by atoms with E-state index in [1.54, 1.807) is 0 Å². The highest BCUT2D eigenvalue weighted by Crippen LogP contribution is 2.30. The van der Waals surface area contributed by atoms with Gasteiger partial charge in [-0.2, -0.15) is 11.8 Å². The van der Waals surface area contributed by atoms with E-state index >= 15 is 0 Å². The van der Waals surface area contributed by atoms with Crippen molar-refractivity contribution in [3.8, 4) is 0 Å². The van der Waals surface area contributed by atoms with Gasteiger partial charge in [0.25, 0.3) is 0 Å². The number of hydrogen-bond donors (Lipinski definition) is 2. The molecule has 1 aliphatic rings. The van der Waals surface area contributed by atoms with Crippen LogP contribution in [0.3, 0.4) is 0 Å². The van der Waals surface area contributed by atoms with Crippen LogP contribution in [0, 0.1) is 0 Å². The Kier molecular flexibility index (Phi) is 5.54. The van der Waals surface area contributed by atoms with Crippen molar-refractivity contribution in [2.24, 2.45) is 5.73 Å². The van der Waals surface area contributed by atoms with Crippen LogP contribution in [0.5, 0.6) is 0 Å². The minimum absolute atomic E-state index is 0.446.